The van der Waals surface area contributed by atoms with Crippen molar-refractivity contribution in [2.45, 2.75) is 57.5 Å². The highest BCUT2D eigenvalue weighted by molar-refractivity contribution is 5.77. The molecule has 0 aliphatic heterocycles. The Kier molecular flexibility index (Phi) is 5.18. The van der Waals surface area contributed by atoms with Crippen LogP contribution in [0, 0.1) is 0 Å². The molecule has 0 atom stereocenters. The average molecular weight is 274 g/mol. The van der Waals surface area contributed by atoms with Gasteiger partial charge in [-0.2, -0.15) is 0 Å². The van der Waals surface area contributed by atoms with E-state index in [4.69, 9.17) is 5.73 Å². The van der Waals surface area contributed by atoms with E-state index in [2.05, 4.69) is 12.1 Å². The molecule has 1 amide bonds. The highest BCUT2D eigenvalue weighted by Gasteiger charge is 2.31. The van der Waals surface area contributed by atoms with Crippen LogP contribution in [0.4, 0.5) is 0 Å². The SMILES string of the molecule is CCN(Cc1ccccc1)C(=O)CC1(N)CCCCC1. The zero-order chi connectivity index (χ0) is 14.4. The summed E-state index contributed by atoms with van der Waals surface area (Å²) in [7, 11) is 0. The number of hydrogen-bond donors (Lipinski definition) is 1. The number of carbonyl (C=O) groups excluding carboxylic acids is 1. The number of rotatable bonds is 5. The van der Waals surface area contributed by atoms with Gasteiger partial charge in [0.2, 0.25) is 5.91 Å². The Morgan fingerprint density at radius 3 is 2.45 bits per heavy atom. The van der Waals surface area contributed by atoms with E-state index < -0.39 is 0 Å². The average Bonchev–Trinajstić information content (AvgIpc) is 2.46. The lowest BCUT2D eigenvalue weighted by Crippen LogP contribution is -2.46. The summed E-state index contributed by atoms with van der Waals surface area (Å²) in [6, 6.07) is 10.2. The molecule has 0 bridgehead atoms. The van der Waals surface area contributed by atoms with Crippen LogP contribution in [-0.4, -0.2) is 22.9 Å². The summed E-state index contributed by atoms with van der Waals surface area (Å²) in [5.74, 6) is 0.195. The van der Waals surface area contributed by atoms with Gasteiger partial charge in [0.05, 0.1) is 0 Å². The highest BCUT2D eigenvalue weighted by Crippen LogP contribution is 2.29. The van der Waals surface area contributed by atoms with Gasteiger partial charge < -0.3 is 10.6 Å². The first-order valence-corrected chi connectivity index (χ1v) is 7.73. The predicted molar refractivity (Wildman–Crippen MR) is 82.2 cm³/mol. The minimum atomic E-state index is -0.264. The summed E-state index contributed by atoms with van der Waals surface area (Å²) in [5.41, 5.74) is 7.31. The summed E-state index contributed by atoms with van der Waals surface area (Å²) in [6.45, 7) is 3.46. The Hall–Kier alpha value is -1.35. The topological polar surface area (TPSA) is 46.3 Å². The lowest BCUT2D eigenvalue weighted by atomic mass is 9.80. The van der Waals surface area contributed by atoms with Gasteiger partial charge in [0.25, 0.3) is 0 Å². The van der Waals surface area contributed by atoms with E-state index in [1.54, 1.807) is 0 Å². The lowest BCUT2D eigenvalue weighted by Gasteiger charge is -2.34. The molecule has 0 unspecified atom stereocenters. The van der Waals surface area contributed by atoms with Crippen molar-refractivity contribution in [3.63, 3.8) is 0 Å². The quantitative estimate of drug-likeness (QED) is 0.897. The summed E-state index contributed by atoms with van der Waals surface area (Å²) < 4.78 is 0. The van der Waals surface area contributed by atoms with Crippen LogP contribution in [0.15, 0.2) is 30.3 Å². The van der Waals surface area contributed by atoms with Gasteiger partial charge in [0.1, 0.15) is 0 Å². The molecule has 0 spiro atoms. The second kappa shape index (κ2) is 6.89. The van der Waals surface area contributed by atoms with Crippen molar-refractivity contribution < 1.29 is 4.79 Å². The third-order valence-electron chi connectivity index (χ3n) is 4.30. The zero-order valence-electron chi connectivity index (χ0n) is 12.5. The van der Waals surface area contributed by atoms with Crippen LogP contribution in [0.2, 0.25) is 0 Å². The molecule has 0 saturated heterocycles. The van der Waals surface area contributed by atoms with Crippen LogP contribution in [0.1, 0.15) is 51.0 Å². The van der Waals surface area contributed by atoms with Crippen molar-refractivity contribution in [2.75, 3.05) is 6.54 Å². The molecule has 1 saturated carbocycles. The first kappa shape index (κ1) is 15.0. The van der Waals surface area contributed by atoms with Crippen LogP contribution in [0.25, 0.3) is 0 Å². The molecule has 0 aromatic heterocycles. The maximum Gasteiger partial charge on any atom is 0.224 e. The Morgan fingerprint density at radius 1 is 1.20 bits per heavy atom. The zero-order valence-corrected chi connectivity index (χ0v) is 12.5. The molecule has 1 aromatic carbocycles. The van der Waals surface area contributed by atoms with Crippen LogP contribution in [0.5, 0.6) is 0 Å². The molecule has 0 heterocycles. The van der Waals surface area contributed by atoms with Gasteiger partial charge in [0.15, 0.2) is 0 Å². The molecular formula is C17H26N2O. The Morgan fingerprint density at radius 2 is 1.85 bits per heavy atom. The maximum absolute atomic E-state index is 12.5. The fourth-order valence-electron chi connectivity index (χ4n) is 3.03. The van der Waals surface area contributed by atoms with E-state index >= 15 is 0 Å². The van der Waals surface area contributed by atoms with Gasteiger partial charge in [-0.05, 0) is 25.3 Å². The molecule has 2 N–H and O–H groups in total. The lowest BCUT2D eigenvalue weighted by molar-refractivity contribution is -0.133. The molecule has 110 valence electrons. The molecule has 1 aliphatic carbocycles. The van der Waals surface area contributed by atoms with Gasteiger partial charge in [-0.3, -0.25) is 4.79 Å². The van der Waals surface area contributed by atoms with Crippen molar-refractivity contribution in [1.29, 1.82) is 0 Å². The van der Waals surface area contributed by atoms with Crippen molar-refractivity contribution in [3.05, 3.63) is 35.9 Å². The standard InChI is InChI=1S/C17H26N2O/c1-2-19(14-15-9-5-3-6-10-15)16(20)13-17(18)11-7-4-8-12-17/h3,5-6,9-10H,2,4,7-8,11-14,18H2,1H3. The number of benzene rings is 1. The first-order valence-electron chi connectivity index (χ1n) is 7.73. The molecule has 3 nitrogen and oxygen atoms in total. The van der Waals surface area contributed by atoms with Crippen molar-refractivity contribution in [3.8, 4) is 0 Å². The largest absolute Gasteiger partial charge is 0.339 e. The summed E-state index contributed by atoms with van der Waals surface area (Å²) in [6.07, 6.45) is 6.05. The van der Waals surface area contributed by atoms with E-state index in [1.807, 2.05) is 30.0 Å². The van der Waals surface area contributed by atoms with E-state index in [9.17, 15) is 4.79 Å². The van der Waals surface area contributed by atoms with Gasteiger partial charge in [-0.1, -0.05) is 49.6 Å². The number of hydrogen-bond acceptors (Lipinski definition) is 2. The second-order valence-corrected chi connectivity index (χ2v) is 5.99. The Bertz CT molecular complexity index is 424. The van der Waals surface area contributed by atoms with Gasteiger partial charge in [0, 0.05) is 25.0 Å². The maximum atomic E-state index is 12.5. The molecule has 1 aromatic rings. The van der Waals surface area contributed by atoms with E-state index in [-0.39, 0.29) is 11.4 Å². The van der Waals surface area contributed by atoms with E-state index in [0.717, 1.165) is 32.2 Å². The van der Waals surface area contributed by atoms with Crippen LogP contribution >= 0.6 is 0 Å². The van der Waals surface area contributed by atoms with Gasteiger partial charge >= 0.3 is 0 Å². The monoisotopic (exact) mass is 274 g/mol. The second-order valence-electron chi connectivity index (χ2n) is 5.99. The molecule has 1 aliphatic rings. The molecule has 2 rings (SSSR count). The number of nitrogens with two attached hydrogens (primary N) is 1. The fraction of sp³-hybridized carbons (Fsp3) is 0.588. The number of nitrogens with zero attached hydrogens (tertiary/aromatic N) is 1. The molecule has 0 radical (unpaired) electrons. The molecular weight excluding hydrogens is 248 g/mol. The normalized spacial score (nSPS) is 17.7. The molecule has 1 fully saturated rings. The van der Waals surface area contributed by atoms with Gasteiger partial charge in [-0.25, -0.2) is 0 Å². The Balaban J connectivity index is 1.95. The van der Waals surface area contributed by atoms with Crippen molar-refractivity contribution >= 4 is 5.91 Å². The predicted octanol–water partition coefficient (Wildman–Crippen LogP) is 3.09. The summed E-state index contributed by atoms with van der Waals surface area (Å²) in [4.78, 5) is 14.4. The van der Waals surface area contributed by atoms with E-state index in [1.165, 1.54) is 12.0 Å². The highest BCUT2D eigenvalue weighted by atomic mass is 16.2. The van der Waals surface area contributed by atoms with Crippen LogP contribution in [-0.2, 0) is 11.3 Å². The van der Waals surface area contributed by atoms with E-state index in [0.29, 0.717) is 13.0 Å². The van der Waals surface area contributed by atoms with Crippen LogP contribution < -0.4 is 5.73 Å². The fourth-order valence-corrected chi connectivity index (χ4v) is 3.03. The number of carbonyl (C=O) groups is 1. The molecule has 20 heavy (non-hydrogen) atoms. The Labute approximate surface area is 122 Å². The third-order valence-corrected chi connectivity index (χ3v) is 4.30. The van der Waals surface area contributed by atoms with Crippen molar-refractivity contribution in [2.24, 2.45) is 5.73 Å². The summed E-state index contributed by atoms with van der Waals surface area (Å²) in [5, 5.41) is 0. The van der Waals surface area contributed by atoms with Crippen molar-refractivity contribution in [1.82, 2.24) is 4.90 Å². The number of amides is 1. The molecule has 3 heteroatoms. The van der Waals surface area contributed by atoms with Crippen LogP contribution in [0.3, 0.4) is 0 Å². The summed E-state index contributed by atoms with van der Waals surface area (Å²) >= 11 is 0. The minimum absolute atomic E-state index is 0.195. The smallest absolute Gasteiger partial charge is 0.224 e. The third kappa shape index (κ3) is 4.07. The minimum Gasteiger partial charge on any atom is -0.339 e. The van der Waals surface area contributed by atoms with Gasteiger partial charge in [-0.15, -0.1) is 0 Å². The first-order chi connectivity index (χ1) is 9.63.